The highest BCUT2D eigenvalue weighted by Crippen LogP contribution is 2.17. The quantitative estimate of drug-likeness (QED) is 0.460. The maximum atomic E-state index is 5.75. The summed E-state index contributed by atoms with van der Waals surface area (Å²) < 4.78 is 16.6. The molecule has 0 aromatic rings. The SMILES string of the molecule is CC=CC=CCO[Si](CCCC)(OC)OC. The highest BCUT2D eigenvalue weighted by Gasteiger charge is 2.37. The van der Waals surface area contributed by atoms with Gasteiger partial charge in [0.05, 0.1) is 6.61 Å². The van der Waals surface area contributed by atoms with Crippen LogP contribution in [-0.4, -0.2) is 29.6 Å². The van der Waals surface area contributed by atoms with Crippen LogP contribution in [0.3, 0.4) is 0 Å². The van der Waals surface area contributed by atoms with Gasteiger partial charge in [-0.1, -0.05) is 37.6 Å². The van der Waals surface area contributed by atoms with Crippen molar-refractivity contribution < 1.29 is 13.3 Å². The summed E-state index contributed by atoms with van der Waals surface area (Å²) >= 11 is 0. The van der Waals surface area contributed by atoms with Crippen LogP contribution in [0.5, 0.6) is 0 Å². The lowest BCUT2D eigenvalue weighted by molar-refractivity contribution is 0.109. The molecule has 3 nitrogen and oxygen atoms in total. The molecule has 0 amide bonds. The second-order valence-electron chi connectivity index (χ2n) is 3.46. The van der Waals surface area contributed by atoms with E-state index in [-0.39, 0.29) is 0 Å². The fourth-order valence-corrected chi connectivity index (χ4v) is 3.38. The summed E-state index contributed by atoms with van der Waals surface area (Å²) in [5, 5.41) is 0. The first kappa shape index (κ1) is 15.6. The first-order chi connectivity index (χ1) is 7.74. The average molecular weight is 244 g/mol. The zero-order chi connectivity index (χ0) is 12.3. The Bertz CT molecular complexity index is 210. The molecule has 0 aliphatic rings. The standard InChI is InChI=1S/C12H24O3Si/c1-5-7-9-10-11-15-16(13-3,14-4)12-8-6-2/h5,7,9-10H,6,8,11-12H2,1-4H3. The van der Waals surface area contributed by atoms with Gasteiger partial charge in [-0.25, -0.2) is 0 Å². The van der Waals surface area contributed by atoms with E-state index in [0.717, 1.165) is 18.9 Å². The van der Waals surface area contributed by atoms with Gasteiger partial charge >= 0.3 is 8.80 Å². The summed E-state index contributed by atoms with van der Waals surface area (Å²) in [6.45, 7) is 4.67. The zero-order valence-corrected chi connectivity index (χ0v) is 11.9. The first-order valence-corrected chi connectivity index (χ1v) is 7.70. The molecule has 0 spiro atoms. The van der Waals surface area contributed by atoms with Crippen LogP contribution in [0.25, 0.3) is 0 Å². The molecule has 0 aliphatic heterocycles. The molecule has 0 heterocycles. The van der Waals surface area contributed by atoms with Gasteiger partial charge in [0, 0.05) is 20.3 Å². The van der Waals surface area contributed by atoms with Crippen molar-refractivity contribution in [2.75, 3.05) is 20.8 Å². The van der Waals surface area contributed by atoms with Gasteiger partial charge in [0.2, 0.25) is 0 Å². The lowest BCUT2D eigenvalue weighted by atomic mass is 10.4. The van der Waals surface area contributed by atoms with E-state index >= 15 is 0 Å². The van der Waals surface area contributed by atoms with Crippen LogP contribution >= 0.6 is 0 Å². The Morgan fingerprint density at radius 2 is 1.81 bits per heavy atom. The van der Waals surface area contributed by atoms with Crippen molar-refractivity contribution in [3.05, 3.63) is 24.3 Å². The van der Waals surface area contributed by atoms with E-state index in [2.05, 4.69) is 6.92 Å². The molecule has 0 radical (unpaired) electrons. The van der Waals surface area contributed by atoms with Gasteiger partial charge in [0.25, 0.3) is 0 Å². The summed E-state index contributed by atoms with van der Waals surface area (Å²) in [7, 11) is 0.935. The van der Waals surface area contributed by atoms with Crippen LogP contribution in [0, 0.1) is 0 Å². The predicted octanol–water partition coefficient (Wildman–Crippen LogP) is 3.17. The summed E-state index contributed by atoms with van der Waals surface area (Å²) in [4.78, 5) is 0. The molecule has 0 N–H and O–H groups in total. The molecule has 4 heteroatoms. The van der Waals surface area contributed by atoms with Crippen molar-refractivity contribution in [3.63, 3.8) is 0 Å². The minimum atomic E-state index is -2.40. The number of rotatable bonds is 9. The number of hydrogen-bond acceptors (Lipinski definition) is 3. The average Bonchev–Trinajstić information content (AvgIpc) is 2.33. The van der Waals surface area contributed by atoms with Gasteiger partial charge in [-0.05, 0) is 13.3 Å². The van der Waals surface area contributed by atoms with Crippen molar-refractivity contribution in [2.24, 2.45) is 0 Å². The topological polar surface area (TPSA) is 27.7 Å². The van der Waals surface area contributed by atoms with E-state index < -0.39 is 8.80 Å². The van der Waals surface area contributed by atoms with Gasteiger partial charge in [-0.3, -0.25) is 0 Å². The molecule has 0 aromatic heterocycles. The zero-order valence-electron chi connectivity index (χ0n) is 10.9. The molecule has 0 bridgehead atoms. The van der Waals surface area contributed by atoms with Gasteiger partial charge in [0.1, 0.15) is 0 Å². The smallest absolute Gasteiger partial charge is 0.377 e. The van der Waals surface area contributed by atoms with Crippen LogP contribution in [0.15, 0.2) is 24.3 Å². The Morgan fingerprint density at radius 3 is 2.31 bits per heavy atom. The maximum absolute atomic E-state index is 5.75. The van der Waals surface area contributed by atoms with Crippen LogP contribution in [0.2, 0.25) is 6.04 Å². The third kappa shape index (κ3) is 6.22. The second kappa shape index (κ2) is 9.78. The van der Waals surface area contributed by atoms with E-state index in [1.807, 2.05) is 31.2 Å². The van der Waals surface area contributed by atoms with Crippen LogP contribution < -0.4 is 0 Å². The third-order valence-electron chi connectivity index (χ3n) is 2.30. The highest BCUT2D eigenvalue weighted by atomic mass is 28.4. The number of hydrogen-bond donors (Lipinski definition) is 0. The highest BCUT2D eigenvalue weighted by molar-refractivity contribution is 6.60. The molecule has 0 aromatic carbocycles. The summed E-state index contributed by atoms with van der Waals surface area (Å²) in [6, 6.07) is 0.883. The predicted molar refractivity (Wildman–Crippen MR) is 69.4 cm³/mol. The second-order valence-corrected chi connectivity index (χ2v) is 6.43. The van der Waals surface area contributed by atoms with Crippen molar-refractivity contribution in [1.82, 2.24) is 0 Å². The Morgan fingerprint density at radius 1 is 1.12 bits per heavy atom. The lowest BCUT2D eigenvalue weighted by Gasteiger charge is -2.25. The Labute approximate surface area is 100 Å². The van der Waals surface area contributed by atoms with Crippen LogP contribution in [0.1, 0.15) is 26.7 Å². The molecule has 0 aliphatic carbocycles. The van der Waals surface area contributed by atoms with Crippen LogP contribution in [-0.2, 0) is 13.3 Å². The molecule has 94 valence electrons. The third-order valence-corrected chi connectivity index (χ3v) is 5.11. The molecular formula is C12H24O3Si. The molecule has 0 saturated heterocycles. The van der Waals surface area contributed by atoms with E-state index in [1.165, 1.54) is 0 Å². The Balaban J connectivity index is 4.10. The van der Waals surface area contributed by atoms with Crippen molar-refractivity contribution in [2.45, 2.75) is 32.7 Å². The summed E-state index contributed by atoms with van der Waals surface area (Å²) in [5.74, 6) is 0. The van der Waals surface area contributed by atoms with Gasteiger partial charge in [0.15, 0.2) is 0 Å². The van der Waals surface area contributed by atoms with E-state index in [4.69, 9.17) is 13.3 Å². The van der Waals surface area contributed by atoms with E-state index in [0.29, 0.717) is 6.61 Å². The molecule has 0 fully saturated rings. The minimum absolute atomic E-state index is 0.544. The van der Waals surface area contributed by atoms with Gasteiger partial charge in [-0.2, -0.15) is 0 Å². The fourth-order valence-electron chi connectivity index (χ4n) is 1.29. The normalized spacial score (nSPS) is 13.0. The summed E-state index contributed by atoms with van der Waals surface area (Å²) in [6.07, 6.45) is 10.1. The lowest BCUT2D eigenvalue weighted by Crippen LogP contribution is -2.43. The van der Waals surface area contributed by atoms with Crippen molar-refractivity contribution in [3.8, 4) is 0 Å². The van der Waals surface area contributed by atoms with E-state index in [1.54, 1.807) is 14.2 Å². The minimum Gasteiger partial charge on any atom is -0.377 e. The monoisotopic (exact) mass is 244 g/mol. The fraction of sp³-hybridized carbons (Fsp3) is 0.667. The molecule has 16 heavy (non-hydrogen) atoms. The first-order valence-electron chi connectivity index (χ1n) is 5.76. The van der Waals surface area contributed by atoms with Gasteiger partial charge in [-0.15, -0.1) is 0 Å². The molecule has 0 atom stereocenters. The van der Waals surface area contributed by atoms with E-state index in [9.17, 15) is 0 Å². The van der Waals surface area contributed by atoms with Crippen LogP contribution in [0.4, 0.5) is 0 Å². The summed E-state index contributed by atoms with van der Waals surface area (Å²) in [5.41, 5.74) is 0. The molecule has 0 saturated carbocycles. The van der Waals surface area contributed by atoms with Crippen molar-refractivity contribution in [1.29, 1.82) is 0 Å². The van der Waals surface area contributed by atoms with Gasteiger partial charge < -0.3 is 13.3 Å². The van der Waals surface area contributed by atoms with Crippen molar-refractivity contribution >= 4 is 8.80 Å². The Hall–Kier alpha value is -0.423. The molecule has 0 unspecified atom stereocenters. The number of allylic oxidation sites excluding steroid dienone is 3. The molecular weight excluding hydrogens is 220 g/mol. The molecule has 0 rings (SSSR count). The largest absolute Gasteiger partial charge is 0.500 e. The number of unbranched alkanes of at least 4 members (excludes halogenated alkanes) is 1. The maximum Gasteiger partial charge on any atom is 0.500 e. The Kier molecular flexibility index (Phi) is 9.52.